The van der Waals surface area contributed by atoms with Gasteiger partial charge in [-0.15, -0.1) is 11.8 Å². The lowest BCUT2D eigenvalue weighted by molar-refractivity contribution is 0.251. The third-order valence-electron chi connectivity index (χ3n) is 4.75. The molecular formula is C16H24N2S. The van der Waals surface area contributed by atoms with Gasteiger partial charge in [0.2, 0.25) is 0 Å². The van der Waals surface area contributed by atoms with Crippen LogP contribution in [0.15, 0.2) is 29.2 Å². The first-order chi connectivity index (χ1) is 9.33. The summed E-state index contributed by atoms with van der Waals surface area (Å²) in [7, 11) is 2.12. The summed E-state index contributed by atoms with van der Waals surface area (Å²) < 4.78 is 0. The van der Waals surface area contributed by atoms with Crippen molar-refractivity contribution in [1.29, 1.82) is 0 Å². The normalized spacial score (nSPS) is 30.4. The van der Waals surface area contributed by atoms with Crippen LogP contribution in [0.2, 0.25) is 0 Å². The lowest BCUT2D eigenvalue weighted by Gasteiger charge is -2.50. The highest BCUT2D eigenvalue weighted by Crippen LogP contribution is 2.41. The van der Waals surface area contributed by atoms with E-state index in [0.29, 0.717) is 6.04 Å². The molecule has 1 N–H and O–H groups in total. The van der Waals surface area contributed by atoms with Crippen LogP contribution in [0.25, 0.3) is 0 Å². The molecular weight excluding hydrogens is 252 g/mol. The summed E-state index contributed by atoms with van der Waals surface area (Å²) in [5.41, 5.74) is 1.47. The number of anilines is 1. The van der Waals surface area contributed by atoms with Crippen molar-refractivity contribution >= 4 is 17.4 Å². The molecule has 1 aromatic rings. The summed E-state index contributed by atoms with van der Waals surface area (Å²) in [5, 5.41) is 3.50. The second-order valence-corrected chi connectivity index (χ2v) is 6.62. The first-order valence-electron chi connectivity index (χ1n) is 7.42. The van der Waals surface area contributed by atoms with Crippen LogP contribution in [0, 0.1) is 0 Å². The van der Waals surface area contributed by atoms with Crippen LogP contribution < -0.4 is 10.2 Å². The average Bonchev–Trinajstić information content (AvgIpc) is 2.45. The maximum atomic E-state index is 3.50. The molecule has 0 amide bonds. The first kappa shape index (κ1) is 13.3. The Morgan fingerprint density at radius 2 is 1.84 bits per heavy atom. The number of piperidine rings is 2. The highest BCUT2D eigenvalue weighted by atomic mass is 32.2. The molecule has 2 aliphatic heterocycles. The van der Waals surface area contributed by atoms with Gasteiger partial charge >= 0.3 is 0 Å². The number of nitrogens with zero attached hydrogens (tertiary/aromatic N) is 1. The molecule has 3 heteroatoms. The molecule has 2 bridgehead atoms. The highest BCUT2D eigenvalue weighted by molar-refractivity contribution is 7.98. The number of thioether (sulfide) groups is 1. The molecule has 3 rings (SSSR count). The Balaban J connectivity index is 1.91. The Labute approximate surface area is 121 Å². The van der Waals surface area contributed by atoms with Crippen LogP contribution in [-0.2, 0) is 0 Å². The Kier molecular flexibility index (Phi) is 4.04. The predicted molar refractivity (Wildman–Crippen MR) is 84.2 cm³/mol. The van der Waals surface area contributed by atoms with E-state index >= 15 is 0 Å². The van der Waals surface area contributed by atoms with Crippen LogP contribution in [-0.4, -0.2) is 31.4 Å². The molecule has 2 saturated heterocycles. The summed E-state index contributed by atoms with van der Waals surface area (Å²) in [6, 6.07) is 11.1. The quantitative estimate of drug-likeness (QED) is 0.850. The smallest absolute Gasteiger partial charge is 0.0509 e. The Bertz CT molecular complexity index is 421. The van der Waals surface area contributed by atoms with Gasteiger partial charge in [0.1, 0.15) is 0 Å². The molecule has 0 saturated carbocycles. The summed E-state index contributed by atoms with van der Waals surface area (Å²) in [6.07, 6.45) is 8.92. The number of benzene rings is 1. The Morgan fingerprint density at radius 1 is 1.16 bits per heavy atom. The monoisotopic (exact) mass is 276 g/mol. The third-order valence-corrected chi connectivity index (χ3v) is 5.53. The number of fused-ring (bicyclic) bond motifs is 2. The van der Waals surface area contributed by atoms with Gasteiger partial charge in [-0.25, -0.2) is 0 Å². The lowest BCUT2D eigenvalue weighted by atomic mass is 9.81. The van der Waals surface area contributed by atoms with Crippen molar-refractivity contribution in [3.63, 3.8) is 0 Å². The topological polar surface area (TPSA) is 15.3 Å². The number of para-hydroxylation sites is 1. The van der Waals surface area contributed by atoms with Gasteiger partial charge in [-0.2, -0.15) is 0 Å². The number of nitrogens with one attached hydrogen (secondary N) is 1. The van der Waals surface area contributed by atoms with Gasteiger partial charge in [0.15, 0.2) is 0 Å². The molecule has 2 atom stereocenters. The van der Waals surface area contributed by atoms with E-state index in [1.165, 1.54) is 42.7 Å². The summed E-state index contributed by atoms with van der Waals surface area (Å²) in [4.78, 5) is 4.17. The van der Waals surface area contributed by atoms with Crippen LogP contribution in [0.4, 0.5) is 5.69 Å². The fourth-order valence-electron chi connectivity index (χ4n) is 3.85. The highest BCUT2D eigenvalue weighted by Gasteiger charge is 2.38. The largest absolute Gasteiger partial charge is 0.365 e. The van der Waals surface area contributed by atoms with Crippen molar-refractivity contribution in [3.05, 3.63) is 24.3 Å². The number of rotatable bonds is 3. The summed E-state index contributed by atoms with van der Waals surface area (Å²) in [6.45, 7) is 0. The van der Waals surface area contributed by atoms with Gasteiger partial charge in [-0.3, -0.25) is 0 Å². The molecule has 0 aliphatic carbocycles. The van der Waals surface area contributed by atoms with E-state index in [9.17, 15) is 0 Å². The minimum atomic E-state index is 0.716. The van der Waals surface area contributed by atoms with Gasteiger partial charge in [0.05, 0.1) is 5.69 Å². The minimum absolute atomic E-state index is 0.716. The van der Waals surface area contributed by atoms with Crippen molar-refractivity contribution in [2.24, 2.45) is 0 Å². The van der Waals surface area contributed by atoms with Gasteiger partial charge in [0, 0.05) is 23.0 Å². The van der Waals surface area contributed by atoms with Crippen LogP contribution in [0.5, 0.6) is 0 Å². The maximum Gasteiger partial charge on any atom is 0.0509 e. The third kappa shape index (κ3) is 2.50. The zero-order valence-electron chi connectivity index (χ0n) is 11.9. The minimum Gasteiger partial charge on any atom is -0.365 e. The predicted octanol–water partition coefficient (Wildman–Crippen LogP) is 3.52. The molecule has 0 spiro atoms. The number of hydrogen-bond acceptors (Lipinski definition) is 3. The average molecular weight is 276 g/mol. The van der Waals surface area contributed by atoms with E-state index in [0.717, 1.165) is 12.1 Å². The molecule has 2 fully saturated rings. The zero-order chi connectivity index (χ0) is 13.2. The fourth-order valence-corrected chi connectivity index (χ4v) is 4.45. The molecule has 0 aromatic heterocycles. The first-order valence-corrected chi connectivity index (χ1v) is 8.64. The van der Waals surface area contributed by atoms with E-state index in [-0.39, 0.29) is 0 Å². The van der Waals surface area contributed by atoms with E-state index in [1.54, 1.807) is 0 Å². The van der Waals surface area contributed by atoms with Crippen molar-refractivity contribution in [2.45, 2.75) is 55.1 Å². The molecule has 2 nitrogen and oxygen atoms in total. The maximum absolute atomic E-state index is 3.50. The number of hydrogen-bond donors (Lipinski definition) is 1. The van der Waals surface area contributed by atoms with Crippen LogP contribution >= 0.6 is 11.8 Å². The van der Waals surface area contributed by atoms with E-state index in [1.807, 2.05) is 11.8 Å². The van der Waals surface area contributed by atoms with Gasteiger partial charge in [-0.1, -0.05) is 12.1 Å². The van der Waals surface area contributed by atoms with Crippen LogP contribution in [0.1, 0.15) is 32.1 Å². The molecule has 2 aliphatic rings. The molecule has 0 radical (unpaired) electrons. The van der Waals surface area contributed by atoms with E-state index in [4.69, 9.17) is 0 Å². The Morgan fingerprint density at radius 3 is 2.47 bits per heavy atom. The molecule has 2 unspecified atom stereocenters. The second-order valence-electron chi connectivity index (χ2n) is 5.77. The Hall–Kier alpha value is -0.670. The molecule has 19 heavy (non-hydrogen) atoms. The van der Waals surface area contributed by atoms with Crippen molar-refractivity contribution in [1.82, 2.24) is 5.32 Å². The fraction of sp³-hybridized carbons (Fsp3) is 0.625. The van der Waals surface area contributed by atoms with Gasteiger partial charge in [-0.05, 0) is 57.5 Å². The molecule has 2 heterocycles. The summed E-state index contributed by atoms with van der Waals surface area (Å²) >= 11 is 1.88. The SMILES string of the molecule is CNC1CC2CCCC(C1)N2c1ccccc1SC. The van der Waals surface area contributed by atoms with E-state index in [2.05, 4.69) is 47.8 Å². The summed E-state index contributed by atoms with van der Waals surface area (Å²) in [5.74, 6) is 0. The van der Waals surface area contributed by atoms with Gasteiger partial charge < -0.3 is 10.2 Å². The zero-order valence-corrected chi connectivity index (χ0v) is 12.7. The van der Waals surface area contributed by atoms with Crippen molar-refractivity contribution in [3.8, 4) is 0 Å². The lowest BCUT2D eigenvalue weighted by Crippen LogP contribution is -2.56. The second kappa shape index (κ2) is 5.76. The molecule has 104 valence electrons. The van der Waals surface area contributed by atoms with Crippen molar-refractivity contribution in [2.75, 3.05) is 18.2 Å². The van der Waals surface area contributed by atoms with Crippen LogP contribution in [0.3, 0.4) is 0 Å². The van der Waals surface area contributed by atoms with E-state index < -0.39 is 0 Å². The van der Waals surface area contributed by atoms with Gasteiger partial charge in [0.25, 0.3) is 0 Å². The standard InChI is InChI=1S/C16H24N2S/c1-17-12-10-13-6-5-7-14(11-12)18(13)15-8-3-4-9-16(15)19-2/h3-4,8-9,12-14,17H,5-7,10-11H2,1-2H3. The molecule has 1 aromatic carbocycles. The van der Waals surface area contributed by atoms with Crippen molar-refractivity contribution < 1.29 is 0 Å².